The van der Waals surface area contributed by atoms with E-state index in [1.807, 2.05) is 30.0 Å². The van der Waals surface area contributed by atoms with Gasteiger partial charge in [-0.2, -0.15) is 0 Å². The summed E-state index contributed by atoms with van der Waals surface area (Å²) in [5.41, 5.74) is 2.34. The Labute approximate surface area is 113 Å². The minimum atomic E-state index is -0.437. The molecule has 102 valence electrons. The van der Waals surface area contributed by atoms with Crippen molar-refractivity contribution in [3.8, 4) is 0 Å². The smallest absolute Gasteiger partial charge is 0.321 e. The zero-order chi connectivity index (χ0) is 13.8. The lowest BCUT2D eigenvalue weighted by molar-refractivity contribution is -0.118. The predicted octanol–water partition coefficient (Wildman–Crippen LogP) is 1.28. The minimum Gasteiger partial charge on any atom is -0.359 e. The Hall–Kier alpha value is -2.04. The molecule has 1 unspecified atom stereocenters. The zero-order valence-corrected chi connectivity index (χ0v) is 11.3. The lowest BCUT2D eigenvalue weighted by atomic mass is 10.1. The number of hydrogen-bond donors (Lipinski definition) is 2. The summed E-state index contributed by atoms with van der Waals surface area (Å²) in [7, 11) is 0. The van der Waals surface area contributed by atoms with E-state index >= 15 is 0 Å². The summed E-state index contributed by atoms with van der Waals surface area (Å²) >= 11 is 0. The third kappa shape index (κ3) is 3.05. The van der Waals surface area contributed by atoms with Gasteiger partial charge in [-0.25, -0.2) is 4.79 Å². The molecule has 0 fully saturated rings. The molecule has 1 aromatic carbocycles. The van der Waals surface area contributed by atoms with Gasteiger partial charge in [0.25, 0.3) is 0 Å². The van der Waals surface area contributed by atoms with Gasteiger partial charge in [0.15, 0.2) is 0 Å². The number of carbonyl (C=O) groups excluding carboxylic acids is 2. The normalized spacial score (nSPS) is 16.9. The summed E-state index contributed by atoms with van der Waals surface area (Å²) < 4.78 is 0. The average Bonchev–Trinajstić information content (AvgIpc) is 2.66. The van der Waals surface area contributed by atoms with Crippen LogP contribution in [-0.2, 0) is 11.2 Å². The van der Waals surface area contributed by atoms with Crippen molar-refractivity contribution in [2.75, 3.05) is 18.0 Å². The van der Waals surface area contributed by atoms with Gasteiger partial charge < -0.3 is 10.2 Å². The van der Waals surface area contributed by atoms with Crippen LogP contribution in [0, 0.1) is 0 Å². The molecule has 19 heavy (non-hydrogen) atoms. The molecule has 0 aliphatic carbocycles. The number of para-hydroxylation sites is 1. The second-order valence-corrected chi connectivity index (χ2v) is 4.72. The van der Waals surface area contributed by atoms with Gasteiger partial charge in [0.1, 0.15) is 0 Å². The van der Waals surface area contributed by atoms with Gasteiger partial charge in [0.05, 0.1) is 6.54 Å². The highest BCUT2D eigenvalue weighted by molar-refractivity contribution is 5.96. The molecule has 1 aliphatic rings. The first-order valence-corrected chi connectivity index (χ1v) is 6.54. The molecule has 2 rings (SSSR count). The number of anilines is 1. The number of rotatable bonds is 3. The topological polar surface area (TPSA) is 61.4 Å². The largest absolute Gasteiger partial charge is 0.359 e. The highest BCUT2D eigenvalue weighted by atomic mass is 16.2. The Kier molecular flexibility index (Phi) is 4.04. The lowest BCUT2D eigenvalue weighted by Crippen LogP contribution is -2.45. The summed E-state index contributed by atoms with van der Waals surface area (Å²) in [4.78, 5) is 25.2. The molecule has 1 aliphatic heterocycles. The molecular weight excluding hydrogens is 242 g/mol. The van der Waals surface area contributed by atoms with Crippen molar-refractivity contribution in [3.63, 3.8) is 0 Å². The Morgan fingerprint density at radius 2 is 2.11 bits per heavy atom. The Morgan fingerprint density at radius 3 is 2.84 bits per heavy atom. The zero-order valence-electron chi connectivity index (χ0n) is 11.3. The highest BCUT2D eigenvalue weighted by Gasteiger charge is 2.27. The summed E-state index contributed by atoms with van der Waals surface area (Å²) in [6.07, 6.45) is 0.935. The molecule has 0 bridgehead atoms. The molecule has 1 atom stereocenters. The van der Waals surface area contributed by atoms with Crippen molar-refractivity contribution < 1.29 is 9.59 Å². The number of nitrogens with one attached hydrogen (secondary N) is 2. The number of hydrogen-bond acceptors (Lipinski definition) is 3. The molecule has 0 saturated heterocycles. The molecule has 1 heterocycles. The van der Waals surface area contributed by atoms with Crippen LogP contribution in [0.3, 0.4) is 0 Å². The van der Waals surface area contributed by atoms with E-state index in [-0.39, 0.29) is 18.5 Å². The maximum absolute atomic E-state index is 11.8. The predicted molar refractivity (Wildman–Crippen MR) is 74.2 cm³/mol. The summed E-state index contributed by atoms with van der Waals surface area (Å²) in [5, 5.41) is 4.87. The van der Waals surface area contributed by atoms with Crippen LogP contribution in [0.2, 0.25) is 0 Å². The molecule has 0 spiro atoms. The van der Waals surface area contributed by atoms with E-state index in [0.717, 1.165) is 12.1 Å². The molecule has 1 aromatic rings. The van der Waals surface area contributed by atoms with Crippen molar-refractivity contribution in [1.82, 2.24) is 10.6 Å². The number of fused-ring (bicyclic) bond motifs is 1. The minimum absolute atomic E-state index is 0.204. The molecule has 2 N–H and O–H groups in total. The third-order valence-electron chi connectivity index (χ3n) is 3.25. The first kappa shape index (κ1) is 13.4. The van der Waals surface area contributed by atoms with E-state index in [1.165, 1.54) is 5.56 Å². The van der Waals surface area contributed by atoms with Gasteiger partial charge in [0.2, 0.25) is 5.91 Å². The average molecular weight is 261 g/mol. The van der Waals surface area contributed by atoms with Gasteiger partial charge in [0, 0.05) is 18.3 Å². The first-order chi connectivity index (χ1) is 9.11. The highest BCUT2D eigenvalue weighted by Crippen LogP contribution is 2.31. The van der Waals surface area contributed by atoms with Crippen molar-refractivity contribution in [1.29, 1.82) is 0 Å². The van der Waals surface area contributed by atoms with Crippen LogP contribution in [0.1, 0.15) is 19.4 Å². The summed E-state index contributed by atoms with van der Waals surface area (Å²) in [5.74, 6) is -0.283. The van der Waals surface area contributed by atoms with E-state index < -0.39 is 6.03 Å². The van der Waals surface area contributed by atoms with Gasteiger partial charge in [-0.1, -0.05) is 18.2 Å². The van der Waals surface area contributed by atoms with Crippen LogP contribution in [0.5, 0.6) is 0 Å². The molecule has 0 saturated carbocycles. The molecule has 5 nitrogen and oxygen atoms in total. The second-order valence-electron chi connectivity index (χ2n) is 4.72. The molecule has 3 amide bonds. The number of amides is 3. The molecular formula is C14H19N3O2. The SMILES string of the molecule is CCNC(=O)NC(=O)CN1c2ccccc2CC1C. The van der Waals surface area contributed by atoms with Crippen LogP contribution in [0.25, 0.3) is 0 Å². The maximum Gasteiger partial charge on any atom is 0.321 e. The van der Waals surface area contributed by atoms with Crippen LogP contribution in [0.15, 0.2) is 24.3 Å². The van der Waals surface area contributed by atoms with E-state index in [9.17, 15) is 9.59 Å². The van der Waals surface area contributed by atoms with Crippen molar-refractivity contribution in [2.24, 2.45) is 0 Å². The fourth-order valence-electron chi connectivity index (χ4n) is 2.40. The van der Waals surface area contributed by atoms with Crippen molar-refractivity contribution in [3.05, 3.63) is 29.8 Å². The molecule has 0 aromatic heterocycles. The number of urea groups is 1. The van der Waals surface area contributed by atoms with Crippen LogP contribution in [-0.4, -0.2) is 31.1 Å². The Balaban J connectivity index is 1.99. The van der Waals surface area contributed by atoms with Crippen molar-refractivity contribution in [2.45, 2.75) is 26.3 Å². The Bertz CT molecular complexity index is 487. The van der Waals surface area contributed by atoms with Gasteiger partial charge in [-0.3, -0.25) is 10.1 Å². The second kappa shape index (κ2) is 5.73. The number of nitrogens with zero attached hydrogens (tertiary/aromatic N) is 1. The van der Waals surface area contributed by atoms with E-state index in [1.54, 1.807) is 0 Å². The number of benzene rings is 1. The monoisotopic (exact) mass is 261 g/mol. The third-order valence-corrected chi connectivity index (χ3v) is 3.25. The van der Waals surface area contributed by atoms with Crippen LogP contribution >= 0.6 is 0 Å². The van der Waals surface area contributed by atoms with Crippen LogP contribution < -0.4 is 15.5 Å². The Morgan fingerprint density at radius 1 is 1.37 bits per heavy atom. The van der Waals surface area contributed by atoms with E-state index in [4.69, 9.17) is 0 Å². The van der Waals surface area contributed by atoms with E-state index in [0.29, 0.717) is 6.54 Å². The summed E-state index contributed by atoms with van der Waals surface area (Å²) in [6, 6.07) is 7.89. The standard InChI is InChI=1S/C14H19N3O2/c1-3-15-14(19)16-13(18)9-17-10(2)8-11-6-4-5-7-12(11)17/h4-7,10H,3,8-9H2,1-2H3,(H2,15,16,18,19). The fraction of sp³-hybridized carbons (Fsp3) is 0.429. The van der Waals surface area contributed by atoms with Crippen molar-refractivity contribution >= 4 is 17.6 Å². The lowest BCUT2D eigenvalue weighted by Gasteiger charge is -2.23. The van der Waals surface area contributed by atoms with Gasteiger partial charge in [-0.15, -0.1) is 0 Å². The number of carbonyl (C=O) groups is 2. The maximum atomic E-state index is 11.8. The van der Waals surface area contributed by atoms with Crippen LogP contribution in [0.4, 0.5) is 10.5 Å². The van der Waals surface area contributed by atoms with Gasteiger partial charge in [-0.05, 0) is 31.9 Å². The number of imide groups is 1. The van der Waals surface area contributed by atoms with E-state index in [2.05, 4.69) is 23.6 Å². The fourth-order valence-corrected chi connectivity index (χ4v) is 2.40. The quantitative estimate of drug-likeness (QED) is 0.861. The summed E-state index contributed by atoms with van der Waals surface area (Å²) in [6.45, 7) is 4.60. The first-order valence-electron chi connectivity index (χ1n) is 6.54. The molecule has 5 heteroatoms. The van der Waals surface area contributed by atoms with Gasteiger partial charge >= 0.3 is 6.03 Å². The molecule has 0 radical (unpaired) electrons.